The number of halogens is 2. The van der Waals surface area contributed by atoms with Crippen LogP contribution in [0.25, 0.3) is 0 Å². The summed E-state index contributed by atoms with van der Waals surface area (Å²) in [5.41, 5.74) is 1.74. The number of amides is 1. The van der Waals surface area contributed by atoms with E-state index >= 15 is 0 Å². The third-order valence-electron chi connectivity index (χ3n) is 3.57. The molecule has 0 bridgehead atoms. The van der Waals surface area contributed by atoms with Gasteiger partial charge in [0.25, 0.3) is 5.91 Å². The zero-order valence-electron chi connectivity index (χ0n) is 11.3. The summed E-state index contributed by atoms with van der Waals surface area (Å²) in [5, 5.41) is 9.54. The Morgan fingerprint density at radius 3 is 2.76 bits per heavy atom. The molecule has 0 spiro atoms. The molecule has 2 N–H and O–H groups in total. The minimum atomic E-state index is -0.815. The van der Waals surface area contributed by atoms with Crippen LogP contribution in [0.1, 0.15) is 45.9 Å². The fourth-order valence-corrected chi connectivity index (χ4v) is 2.25. The standard InChI is InChI=1S/C15H15F2N3O/c16-7-9-1-4-12(11(5-9)8-17)15(21)18-14-6-13(19-20-14)10-2-3-10/h1,4-6,10H,2-3,7-8H2,(H2,18,19,20,21). The monoisotopic (exact) mass is 291 g/mol. The second-order valence-corrected chi connectivity index (χ2v) is 5.20. The van der Waals surface area contributed by atoms with Gasteiger partial charge < -0.3 is 5.32 Å². The molecule has 1 heterocycles. The van der Waals surface area contributed by atoms with E-state index in [2.05, 4.69) is 15.5 Å². The fraction of sp³-hybridized carbons (Fsp3) is 0.333. The van der Waals surface area contributed by atoms with Crippen molar-refractivity contribution in [3.8, 4) is 0 Å². The minimum absolute atomic E-state index is 0.181. The predicted octanol–water partition coefficient (Wildman–Crippen LogP) is 3.48. The lowest BCUT2D eigenvalue weighted by atomic mass is 10.0. The quantitative estimate of drug-likeness (QED) is 0.886. The van der Waals surface area contributed by atoms with E-state index in [0.717, 1.165) is 18.5 Å². The van der Waals surface area contributed by atoms with E-state index in [0.29, 0.717) is 17.3 Å². The summed E-state index contributed by atoms with van der Waals surface area (Å²) in [6.07, 6.45) is 2.26. The van der Waals surface area contributed by atoms with Crippen molar-refractivity contribution in [3.63, 3.8) is 0 Å². The Balaban J connectivity index is 1.77. The number of rotatable bonds is 5. The first-order chi connectivity index (χ1) is 10.2. The van der Waals surface area contributed by atoms with Gasteiger partial charge in [-0.15, -0.1) is 0 Å². The lowest BCUT2D eigenvalue weighted by Crippen LogP contribution is -2.14. The molecule has 110 valence electrons. The Kier molecular flexibility index (Phi) is 3.68. The van der Waals surface area contributed by atoms with E-state index in [9.17, 15) is 13.6 Å². The smallest absolute Gasteiger partial charge is 0.257 e. The molecule has 6 heteroatoms. The third kappa shape index (κ3) is 2.94. The number of hydrogen-bond acceptors (Lipinski definition) is 2. The highest BCUT2D eigenvalue weighted by Gasteiger charge is 2.25. The Hall–Kier alpha value is -2.24. The largest absolute Gasteiger partial charge is 0.305 e. The fourth-order valence-electron chi connectivity index (χ4n) is 2.25. The van der Waals surface area contributed by atoms with Gasteiger partial charge in [-0.1, -0.05) is 6.07 Å². The van der Waals surface area contributed by atoms with Gasteiger partial charge in [0.2, 0.25) is 0 Å². The molecule has 1 aromatic carbocycles. The number of carbonyl (C=O) groups excluding carboxylic acids is 1. The number of nitrogens with zero attached hydrogens (tertiary/aromatic N) is 1. The predicted molar refractivity (Wildman–Crippen MR) is 74.6 cm³/mol. The van der Waals surface area contributed by atoms with Crippen LogP contribution in [-0.2, 0) is 13.3 Å². The van der Waals surface area contributed by atoms with Crippen molar-refractivity contribution in [2.75, 3.05) is 5.32 Å². The summed E-state index contributed by atoms with van der Waals surface area (Å²) in [4.78, 5) is 12.2. The zero-order chi connectivity index (χ0) is 14.8. The highest BCUT2D eigenvalue weighted by molar-refractivity contribution is 6.04. The molecule has 1 aliphatic carbocycles. The highest BCUT2D eigenvalue weighted by atomic mass is 19.1. The van der Waals surface area contributed by atoms with Gasteiger partial charge in [0, 0.05) is 23.2 Å². The number of benzene rings is 1. The molecule has 0 unspecified atom stereocenters. The van der Waals surface area contributed by atoms with E-state index in [-0.39, 0.29) is 11.1 Å². The average Bonchev–Trinajstić information content (AvgIpc) is 3.26. The van der Waals surface area contributed by atoms with Crippen LogP contribution in [0.4, 0.5) is 14.6 Å². The Labute approximate surface area is 120 Å². The first-order valence-electron chi connectivity index (χ1n) is 6.81. The van der Waals surface area contributed by atoms with E-state index < -0.39 is 19.3 Å². The number of aromatic nitrogens is 2. The van der Waals surface area contributed by atoms with Crippen LogP contribution in [0.2, 0.25) is 0 Å². The molecule has 21 heavy (non-hydrogen) atoms. The van der Waals surface area contributed by atoms with Crippen LogP contribution < -0.4 is 5.32 Å². The van der Waals surface area contributed by atoms with E-state index in [4.69, 9.17) is 0 Å². The molecule has 0 atom stereocenters. The molecule has 4 nitrogen and oxygen atoms in total. The second-order valence-electron chi connectivity index (χ2n) is 5.20. The number of nitrogens with one attached hydrogen (secondary N) is 2. The molecule has 1 aromatic heterocycles. The molecule has 1 saturated carbocycles. The van der Waals surface area contributed by atoms with E-state index in [1.165, 1.54) is 18.2 Å². The van der Waals surface area contributed by atoms with Gasteiger partial charge in [-0.3, -0.25) is 9.89 Å². The molecule has 3 rings (SSSR count). The van der Waals surface area contributed by atoms with Crippen molar-refractivity contribution < 1.29 is 13.6 Å². The van der Waals surface area contributed by atoms with Gasteiger partial charge >= 0.3 is 0 Å². The van der Waals surface area contributed by atoms with Gasteiger partial charge in [-0.2, -0.15) is 5.10 Å². The molecule has 2 aromatic rings. The number of alkyl halides is 2. The molecule has 1 amide bonds. The minimum Gasteiger partial charge on any atom is -0.305 e. The summed E-state index contributed by atoms with van der Waals surface area (Å²) < 4.78 is 25.6. The van der Waals surface area contributed by atoms with Crippen LogP contribution in [0.15, 0.2) is 24.3 Å². The van der Waals surface area contributed by atoms with Crippen LogP contribution >= 0.6 is 0 Å². The van der Waals surface area contributed by atoms with Gasteiger partial charge in [0.05, 0.1) is 0 Å². The maximum atomic E-state index is 13.0. The van der Waals surface area contributed by atoms with Gasteiger partial charge in [0.1, 0.15) is 13.3 Å². The first-order valence-corrected chi connectivity index (χ1v) is 6.81. The van der Waals surface area contributed by atoms with E-state index in [1.807, 2.05) is 0 Å². The Bertz CT molecular complexity index is 665. The van der Waals surface area contributed by atoms with Crippen LogP contribution in [0.5, 0.6) is 0 Å². The lowest BCUT2D eigenvalue weighted by Gasteiger charge is -2.07. The maximum Gasteiger partial charge on any atom is 0.257 e. The van der Waals surface area contributed by atoms with Crippen LogP contribution in [0.3, 0.4) is 0 Å². The molecule has 0 saturated heterocycles. The molecular weight excluding hydrogens is 276 g/mol. The van der Waals surface area contributed by atoms with Gasteiger partial charge in [-0.25, -0.2) is 8.78 Å². The first kappa shape index (κ1) is 13.7. The van der Waals surface area contributed by atoms with Crippen LogP contribution in [-0.4, -0.2) is 16.1 Å². The van der Waals surface area contributed by atoms with E-state index in [1.54, 1.807) is 6.07 Å². The molecule has 1 fully saturated rings. The zero-order valence-corrected chi connectivity index (χ0v) is 11.3. The summed E-state index contributed by atoms with van der Waals surface area (Å²) >= 11 is 0. The molecule has 0 radical (unpaired) electrons. The number of aromatic amines is 1. The number of hydrogen-bond donors (Lipinski definition) is 2. The normalized spacial score (nSPS) is 14.2. The van der Waals surface area contributed by atoms with Crippen molar-refractivity contribution in [1.29, 1.82) is 0 Å². The SMILES string of the molecule is O=C(Nc1cc(C2CC2)[nH]n1)c1ccc(CF)cc1CF. The van der Waals surface area contributed by atoms with Crippen molar-refractivity contribution in [3.05, 3.63) is 46.6 Å². The molecule has 1 aliphatic rings. The average molecular weight is 291 g/mol. The third-order valence-corrected chi connectivity index (χ3v) is 3.57. The summed E-state index contributed by atoms with van der Waals surface area (Å²) in [5.74, 6) is 0.483. The molecule has 0 aliphatic heterocycles. The Morgan fingerprint density at radius 1 is 1.29 bits per heavy atom. The van der Waals surface area contributed by atoms with Crippen molar-refractivity contribution in [2.45, 2.75) is 32.1 Å². The number of H-pyrrole nitrogens is 1. The van der Waals surface area contributed by atoms with Crippen molar-refractivity contribution in [1.82, 2.24) is 10.2 Å². The maximum absolute atomic E-state index is 13.0. The van der Waals surface area contributed by atoms with Crippen molar-refractivity contribution >= 4 is 11.7 Å². The number of anilines is 1. The summed E-state index contributed by atoms with van der Waals surface area (Å²) in [6.45, 7) is -1.50. The summed E-state index contributed by atoms with van der Waals surface area (Å²) in [6, 6.07) is 6.08. The summed E-state index contributed by atoms with van der Waals surface area (Å²) in [7, 11) is 0. The Morgan fingerprint density at radius 2 is 2.10 bits per heavy atom. The lowest BCUT2D eigenvalue weighted by molar-refractivity contribution is 0.102. The highest BCUT2D eigenvalue weighted by Crippen LogP contribution is 2.39. The van der Waals surface area contributed by atoms with Gasteiger partial charge in [-0.05, 0) is 36.1 Å². The van der Waals surface area contributed by atoms with Crippen molar-refractivity contribution in [2.24, 2.45) is 0 Å². The second kappa shape index (κ2) is 5.63. The van der Waals surface area contributed by atoms with Crippen LogP contribution in [0, 0.1) is 0 Å². The topological polar surface area (TPSA) is 57.8 Å². The molecular formula is C15H15F2N3O. The number of carbonyl (C=O) groups is 1. The van der Waals surface area contributed by atoms with Gasteiger partial charge in [0.15, 0.2) is 5.82 Å².